The van der Waals surface area contributed by atoms with Gasteiger partial charge in [0.25, 0.3) is 0 Å². The van der Waals surface area contributed by atoms with Crippen LogP contribution in [0.3, 0.4) is 0 Å². The molecule has 0 aromatic carbocycles. The van der Waals surface area contributed by atoms with Crippen molar-refractivity contribution in [2.24, 2.45) is 5.92 Å². The molecule has 19 heteroatoms. The summed E-state index contributed by atoms with van der Waals surface area (Å²) >= 11 is 0. The minimum Gasteiger partial charge on any atom is -0.462 e. The van der Waals surface area contributed by atoms with Crippen LogP contribution in [0.25, 0.3) is 0 Å². The molecule has 2 unspecified atom stereocenters. The first kappa shape index (κ1) is 79.1. The van der Waals surface area contributed by atoms with Gasteiger partial charge in [0.05, 0.1) is 26.4 Å². The standard InChI is InChI=1S/C62H120O17P2/c1-6-9-12-15-18-20-21-22-23-24-25-26-27-32-38-43-48-62(67)79-58(52-73-60(65)46-41-36-33-28-30-34-39-44-55(4)5)54-77-81(70,71)75-50-56(63)49-74-80(68,69)76-53-57(51-72-59(64)45-40-35-29-17-14-11-8-3)78-61(66)47-42-37-31-19-16-13-10-7-2/h55-58,63H,6-54H2,1-5H3,(H,68,69)(H,70,71)/t56-,57+,58+/m0/s1. The Bertz CT molecular complexity index is 1580. The lowest BCUT2D eigenvalue weighted by Gasteiger charge is -2.21. The van der Waals surface area contributed by atoms with E-state index in [9.17, 15) is 43.2 Å². The van der Waals surface area contributed by atoms with Gasteiger partial charge in [0.2, 0.25) is 0 Å². The van der Waals surface area contributed by atoms with Crippen molar-refractivity contribution in [3.05, 3.63) is 0 Å². The predicted molar refractivity (Wildman–Crippen MR) is 322 cm³/mol. The smallest absolute Gasteiger partial charge is 0.462 e. The van der Waals surface area contributed by atoms with Crippen molar-refractivity contribution < 1.29 is 80.2 Å². The minimum absolute atomic E-state index is 0.104. The van der Waals surface area contributed by atoms with Gasteiger partial charge in [-0.3, -0.25) is 37.3 Å². The molecule has 0 aliphatic heterocycles. The van der Waals surface area contributed by atoms with Gasteiger partial charge in [0.1, 0.15) is 19.3 Å². The lowest BCUT2D eigenvalue weighted by atomic mass is 10.0. The van der Waals surface area contributed by atoms with Gasteiger partial charge in [0.15, 0.2) is 12.2 Å². The molecule has 0 saturated carbocycles. The van der Waals surface area contributed by atoms with Crippen LogP contribution in [-0.2, 0) is 65.4 Å². The van der Waals surface area contributed by atoms with Crippen LogP contribution >= 0.6 is 15.6 Å². The van der Waals surface area contributed by atoms with Crippen molar-refractivity contribution in [2.45, 2.75) is 329 Å². The van der Waals surface area contributed by atoms with Crippen molar-refractivity contribution in [1.82, 2.24) is 0 Å². The quantitative estimate of drug-likeness (QED) is 0.0222. The Balaban J connectivity index is 5.17. The van der Waals surface area contributed by atoms with Crippen LogP contribution < -0.4 is 0 Å². The highest BCUT2D eigenvalue weighted by atomic mass is 31.2. The Kier molecular flexibility index (Phi) is 54.6. The van der Waals surface area contributed by atoms with E-state index in [0.29, 0.717) is 31.6 Å². The number of aliphatic hydroxyl groups is 1. The number of phosphoric ester groups is 2. The number of rotatable bonds is 62. The molecule has 0 rings (SSSR count). The summed E-state index contributed by atoms with van der Waals surface area (Å²) in [5.41, 5.74) is 0. The first-order valence-corrected chi connectivity index (χ1v) is 35.6. The van der Waals surface area contributed by atoms with Crippen molar-refractivity contribution >= 4 is 39.5 Å². The Hall–Kier alpha value is -1.94. The fourth-order valence-corrected chi connectivity index (χ4v) is 10.8. The maximum Gasteiger partial charge on any atom is 0.472 e. The monoisotopic (exact) mass is 1200 g/mol. The fraction of sp³-hybridized carbons (Fsp3) is 0.935. The third-order valence-electron chi connectivity index (χ3n) is 14.3. The zero-order chi connectivity index (χ0) is 59.9. The molecule has 0 aliphatic rings. The largest absolute Gasteiger partial charge is 0.472 e. The molecule has 0 fully saturated rings. The van der Waals surface area contributed by atoms with Crippen molar-refractivity contribution in [2.75, 3.05) is 39.6 Å². The van der Waals surface area contributed by atoms with Crippen LogP contribution in [0.15, 0.2) is 0 Å². The van der Waals surface area contributed by atoms with Crippen molar-refractivity contribution in [3.63, 3.8) is 0 Å². The van der Waals surface area contributed by atoms with Gasteiger partial charge >= 0.3 is 39.5 Å². The summed E-state index contributed by atoms with van der Waals surface area (Å²) in [4.78, 5) is 71.9. The molecule has 0 saturated heterocycles. The Morgan fingerprint density at radius 2 is 0.568 bits per heavy atom. The van der Waals surface area contributed by atoms with E-state index in [1.54, 1.807) is 0 Å². The van der Waals surface area contributed by atoms with Gasteiger partial charge in [-0.05, 0) is 31.6 Å². The van der Waals surface area contributed by atoms with Gasteiger partial charge in [-0.15, -0.1) is 0 Å². The number of unbranched alkanes of at least 4 members (excludes halogenated alkanes) is 34. The van der Waals surface area contributed by atoms with Crippen LogP contribution in [-0.4, -0.2) is 96.7 Å². The van der Waals surface area contributed by atoms with E-state index in [2.05, 4.69) is 34.6 Å². The normalized spacial score (nSPS) is 14.3. The average molecular weight is 1200 g/mol. The molecule has 17 nitrogen and oxygen atoms in total. The lowest BCUT2D eigenvalue weighted by Crippen LogP contribution is -2.30. The topological polar surface area (TPSA) is 237 Å². The van der Waals surface area contributed by atoms with Crippen LogP contribution in [0.2, 0.25) is 0 Å². The van der Waals surface area contributed by atoms with E-state index in [-0.39, 0.29) is 25.7 Å². The van der Waals surface area contributed by atoms with Crippen molar-refractivity contribution in [1.29, 1.82) is 0 Å². The highest BCUT2D eigenvalue weighted by Gasteiger charge is 2.30. The minimum atomic E-state index is -4.94. The summed E-state index contributed by atoms with van der Waals surface area (Å²) in [5.74, 6) is -1.44. The highest BCUT2D eigenvalue weighted by Crippen LogP contribution is 2.45. The molecule has 0 aromatic rings. The third kappa shape index (κ3) is 56.9. The van der Waals surface area contributed by atoms with Gasteiger partial charge < -0.3 is 33.8 Å². The SMILES string of the molecule is CCCCCCCCCCCCCCCCCCC(=O)O[C@H](COC(=O)CCCCCCCCCC(C)C)COP(=O)(O)OC[C@@H](O)COP(=O)(O)OC[C@@H](COC(=O)CCCCCCCCC)OC(=O)CCCCCCCCCC. The molecule has 0 aromatic heterocycles. The third-order valence-corrected chi connectivity index (χ3v) is 16.2. The molecule has 0 radical (unpaired) electrons. The van der Waals surface area contributed by atoms with E-state index in [1.165, 1.54) is 109 Å². The lowest BCUT2D eigenvalue weighted by molar-refractivity contribution is -0.161. The van der Waals surface area contributed by atoms with Gasteiger partial charge in [-0.1, -0.05) is 259 Å². The molecule has 0 aliphatic carbocycles. The second-order valence-corrected chi connectivity index (χ2v) is 25.8. The second-order valence-electron chi connectivity index (χ2n) is 22.9. The molecule has 3 N–H and O–H groups in total. The number of carbonyl (C=O) groups is 4. The van der Waals surface area contributed by atoms with Crippen molar-refractivity contribution in [3.8, 4) is 0 Å². The number of aliphatic hydroxyl groups excluding tert-OH is 1. The molecule has 81 heavy (non-hydrogen) atoms. The van der Waals surface area contributed by atoms with E-state index in [1.807, 2.05) is 0 Å². The maximum atomic E-state index is 12.9. The summed E-state index contributed by atoms with van der Waals surface area (Å²) < 4.78 is 67.7. The number of phosphoric acid groups is 2. The van der Waals surface area contributed by atoms with E-state index >= 15 is 0 Å². The molecule has 0 bridgehead atoms. The van der Waals surface area contributed by atoms with Gasteiger partial charge in [0, 0.05) is 25.7 Å². The summed E-state index contributed by atoms with van der Waals surface area (Å²) in [6, 6.07) is 0. The Morgan fingerprint density at radius 1 is 0.333 bits per heavy atom. The first-order valence-electron chi connectivity index (χ1n) is 32.6. The molecule has 5 atom stereocenters. The average Bonchev–Trinajstić information content (AvgIpc) is 3.43. The zero-order valence-electron chi connectivity index (χ0n) is 51.9. The maximum absolute atomic E-state index is 12.9. The summed E-state index contributed by atoms with van der Waals surface area (Å²) in [7, 11) is -9.87. The van der Waals surface area contributed by atoms with Crippen LogP contribution in [0, 0.1) is 5.92 Å². The first-order chi connectivity index (χ1) is 39.0. The summed E-state index contributed by atoms with van der Waals surface area (Å²) in [6.45, 7) is 7.06. The fourth-order valence-electron chi connectivity index (χ4n) is 9.23. The molecule has 0 heterocycles. The number of ether oxygens (including phenoxy) is 4. The Morgan fingerprint density at radius 3 is 0.840 bits per heavy atom. The van der Waals surface area contributed by atoms with Crippen LogP contribution in [0.4, 0.5) is 0 Å². The van der Waals surface area contributed by atoms with Gasteiger partial charge in [-0.25, -0.2) is 9.13 Å². The van der Waals surface area contributed by atoms with Crippen LogP contribution in [0.1, 0.15) is 311 Å². The van der Waals surface area contributed by atoms with E-state index in [4.69, 9.17) is 37.0 Å². The number of carbonyl (C=O) groups excluding carboxylic acids is 4. The molecule has 0 amide bonds. The molecular formula is C62H120O17P2. The molecular weight excluding hydrogens is 1080 g/mol. The predicted octanol–water partition coefficient (Wildman–Crippen LogP) is 17.0. The van der Waals surface area contributed by atoms with E-state index in [0.717, 1.165) is 116 Å². The van der Waals surface area contributed by atoms with Crippen LogP contribution in [0.5, 0.6) is 0 Å². The number of esters is 4. The summed E-state index contributed by atoms with van der Waals surface area (Å²) in [5, 5.41) is 10.5. The molecule has 480 valence electrons. The number of hydrogen-bond donors (Lipinski definition) is 3. The second kappa shape index (κ2) is 55.9. The zero-order valence-corrected chi connectivity index (χ0v) is 53.7. The molecule has 0 spiro atoms. The van der Waals surface area contributed by atoms with Gasteiger partial charge in [-0.2, -0.15) is 0 Å². The Labute approximate surface area is 492 Å². The van der Waals surface area contributed by atoms with E-state index < -0.39 is 97.5 Å². The highest BCUT2D eigenvalue weighted by molar-refractivity contribution is 7.47. The summed E-state index contributed by atoms with van der Waals surface area (Å²) in [6.07, 6.45) is 39.2. The number of hydrogen-bond acceptors (Lipinski definition) is 15.